The van der Waals surface area contributed by atoms with Crippen molar-refractivity contribution < 1.29 is 4.79 Å². The minimum Gasteiger partial charge on any atom is -0.356 e. The number of amides is 1. The van der Waals surface area contributed by atoms with Crippen molar-refractivity contribution in [1.82, 2.24) is 9.88 Å². The Morgan fingerprint density at radius 3 is 2.48 bits per heavy atom. The molecule has 144 valence electrons. The SMILES string of the molecule is O=C(c1ccc(Br)cc1)N1CCc2c([nH]c3ccccc23)[C@H]1c1ccc(Cl)cc1. The standard InChI is InChI=1S/C24H18BrClN2O/c25-17-9-5-16(6-10-17)24(29)28-14-13-20-19-3-1-2-4-21(19)27-22(20)23(28)15-7-11-18(26)12-8-15/h1-12,23,27H,13-14H2/t23-/m1/s1. The molecular weight excluding hydrogens is 448 g/mol. The average molecular weight is 466 g/mol. The van der Waals surface area contributed by atoms with Gasteiger partial charge in [0, 0.05) is 38.2 Å². The number of H-pyrrole nitrogens is 1. The monoisotopic (exact) mass is 464 g/mol. The van der Waals surface area contributed by atoms with Gasteiger partial charge in [0.05, 0.1) is 6.04 Å². The number of hydrogen-bond acceptors (Lipinski definition) is 1. The van der Waals surface area contributed by atoms with Crippen molar-refractivity contribution in [3.05, 3.63) is 105 Å². The van der Waals surface area contributed by atoms with Crippen LogP contribution in [0.2, 0.25) is 5.02 Å². The van der Waals surface area contributed by atoms with E-state index in [1.807, 2.05) is 59.5 Å². The van der Waals surface area contributed by atoms with Gasteiger partial charge in [-0.1, -0.05) is 57.9 Å². The molecule has 0 spiro atoms. The molecule has 0 unspecified atom stereocenters. The van der Waals surface area contributed by atoms with E-state index in [1.165, 1.54) is 10.9 Å². The second-order valence-electron chi connectivity index (χ2n) is 7.27. The van der Waals surface area contributed by atoms with E-state index in [0.717, 1.165) is 27.7 Å². The number of hydrogen-bond donors (Lipinski definition) is 1. The normalized spacial score (nSPS) is 16.1. The summed E-state index contributed by atoms with van der Waals surface area (Å²) in [5, 5.41) is 1.92. The molecule has 3 aromatic carbocycles. The first-order chi connectivity index (χ1) is 14.1. The average Bonchev–Trinajstić information content (AvgIpc) is 3.12. The number of fused-ring (bicyclic) bond motifs is 3. The quantitative estimate of drug-likeness (QED) is 0.367. The molecule has 1 N–H and O–H groups in total. The summed E-state index contributed by atoms with van der Waals surface area (Å²) >= 11 is 9.58. The molecule has 3 nitrogen and oxygen atoms in total. The molecule has 0 fully saturated rings. The number of nitrogens with zero attached hydrogens (tertiary/aromatic N) is 1. The minimum atomic E-state index is -0.181. The zero-order valence-corrected chi connectivity index (χ0v) is 17.9. The first kappa shape index (κ1) is 18.5. The molecule has 0 aliphatic carbocycles. The minimum absolute atomic E-state index is 0.0294. The fraction of sp³-hybridized carbons (Fsp3) is 0.125. The maximum atomic E-state index is 13.5. The van der Waals surface area contributed by atoms with E-state index in [4.69, 9.17) is 11.6 Å². The zero-order chi connectivity index (χ0) is 20.0. The fourth-order valence-corrected chi connectivity index (χ4v) is 4.60. The Balaban J connectivity index is 1.65. The molecule has 29 heavy (non-hydrogen) atoms. The molecule has 0 saturated heterocycles. The molecule has 0 radical (unpaired) electrons. The van der Waals surface area contributed by atoms with Gasteiger partial charge in [-0.2, -0.15) is 0 Å². The van der Waals surface area contributed by atoms with Crippen molar-refractivity contribution in [2.45, 2.75) is 12.5 Å². The Morgan fingerprint density at radius 1 is 1.00 bits per heavy atom. The van der Waals surface area contributed by atoms with E-state index in [2.05, 4.69) is 39.1 Å². The number of nitrogens with one attached hydrogen (secondary N) is 1. The summed E-state index contributed by atoms with van der Waals surface area (Å²) in [7, 11) is 0. The first-order valence-electron chi connectivity index (χ1n) is 9.53. The van der Waals surface area contributed by atoms with E-state index >= 15 is 0 Å². The second kappa shape index (κ2) is 7.36. The Labute approximate surface area is 182 Å². The summed E-state index contributed by atoms with van der Waals surface area (Å²) in [5.74, 6) is 0.0294. The number of halogens is 2. The maximum Gasteiger partial charge on any atom is 0.254 e. The van der Waals surface area contributed by atoms with Crippen molar-refractivity contribution in [1.29, 1.82) is 0 Å². The maximum absolute atomic E-state index is 13.5. The lowest BCUT2D eigenvalue weighted by Crippen LogP contribution is -2.40. The van der Waals surface area contributed by atoms with Crippen LogP contribution in [0.1, 0.15) is 33.2 Å². The highest BCUT2D eigenvalue weighted by atomic mass is 79.9. The summed E-state index contributed by atoms with van der Waals surface area (Å²) in [5.41, 5.74) is 5.22. The largest absolute Gasteiger partial charge is 0.356 e. The summed E-state index contributed by atoms with van der Waals surface area (Å²) < 4.78 is 0.958. The molecule has 1 aromatic heterocycles. The number of aromatic nitrogens is 1. The molecular formula is C24H18BrClN2O. The van der Waals surface area contributed by atoms with Crippen LogP contribution in [0, 0.1) is 0 Å². The van der Waals surface area contributed by atoms with Crippen LogP contribution < -0.4 is 0 Å². The van der Waals surface area contributed by atoms with Gasteiger partial charge in [0.15, 0.2) is 0 Å². The number of aromatic amines is 1. The van der Waals surface area contributed by atoms with Gasteiger partial charge in [-0.25, -0.2) is 0 Å². The van der Waals surface area contributed by atoms with Crippen molar-refractivity contribution in [3.8, 4) is 0 Å². The van der Waals surface area contributed by atoms with Crippen LogP contribution in [0.4, 0.5) is 0 Å². The van der Waals surface area contributed by atoms with Crippen LogP contribution in [0.5, 0.6) is 0 Å². The van der Waals surface area contributed by atoms with Gasteiger partial charge in [-0.05, 0) is 60.0 Å². The predicted octanol–water partition coefficient (Wildman–Crippen LogP) is 6.37. The molecule has 2 heterocycles. The lowest BCUT2D eigenvalue weighted by molar-refractivity contribution is 0.0692. The molecule has 1 aliphatic heterocycles. The molecule has 0 bridgehead atoms. The molecule has 0 saturated carbocycles. The van der Waals surface area contributed by atoms with Gasteiger partial charge < -0.3 is 9.88 Å². The van der Waals surface area contributed by atoms with Gasteiger partial charge in [0.1, 0.15) is 0 Å². The number of benzene rings is 3. The van der Waals surface area contributed by atoms with E-state index in [1.54, 1.807) is 0 Å². The predicted molar refractivity (Wildman–Crippen MR) is 120 cm³/mol. The Morgan fingerprint density at radius 2 is 1.72 bits per heavy atom. The lowest BCUT2D eigenvalue weighted by Gasteiger charge is -2.36. The van der Waals surface area contributed by atoms with Gasteiger partial charge in [-0.15, -0.1) is 0 Å². The van der Waals surface area contributed by atoms with Crippen molar-refractivity contribution in [2.24, 2.45) is 0 Å². The van der Waals surface area contributed by atoms with Crippen molar-refractivity contribution in [2.75, 3.05) is 6.54 Å². The number of rotatable bonds is 2. The number of para-hydroxylation sites is 1. The first-order valence-corrected chi connectivity index (χ1v) is 10.7. The molecule has 1 amide bonds. The van der Waals surface area contributed by atoms with Crippen LogP contribution in [0.15, 0.2) is 77.3 Å². The molecule has 5 rings (SSSR count). The third-order valence-electron chi connectivity index (χ3n) is 5.57. The molecule has 5 heteroatoms. The highest BCUT2D eigenvalue weighted by Crippen LogP contribution is 2.39. The summed E-state index contributed by atoms with van der Waals surface area (Å²) in [6.45, 7) is 0.664. The van der Waals surface area contributed by atoms with Gasteiger partial charge in [-0.3, -0.25) is 4.79 Å². The molecule has 4 aromatic rings. The third-order valence-corrected chi connectivity index (χ3v) is 6.35. The van der Waals surface area contributed by atoms with E-state index < -0.39 is 0 Å². The van der Waals surface area contributed by atoms with Crippen LogP contribution in [-0.2, 0) is 6.42 Å². The van der Waals surface area contributed by atoms with Crippen molar-refractivity contribution in [3.63, 3.8) is 0 Å². The fourth-order valence-electron chi connectivity index (χ4n) is 4.21. The Bertz CT molecular complexity index is 1200. The smallest absolute Gasteiger partial charge is 0.254 e. The lowest BCUT2D eigenvalue weighted by atomic mass is 9.91. The van der Waals surface area contributed by atoms with E-state index in [-0.39, 0.29) is 11.9 Å². The number of carbonyl (C=O) groups is 1. The highest BCUT2D eigenvalue weighted by Gasteiger charge is 2.34. The van der Waals surface area contributed by atoms with Gasteiger partial charge in [0.2, 0.25) is 0 Å². The Hall–Kier alpha value is -2.56. The van der Waals surface area contributed by atoms with E-state index in [0.29, 0.717) is 17.1 Å². The third kappa shape index (κ3) is 3.26. The highest BCUT2D eigenvalue weighted by molar-refractivity contribution is 9.10. The summed E-state index contributed by atoms with van der Waals surface area (Å²) in [4.78, 5) is 19.0. The zero-order valence-electron chi connectivity index (χ0n) is 15.5. The topological polar surface area (TPSA) is 36.1 Å². The molecule has 1 aliphatic rings. The molecule has 1 atom stereocenters. The van der Waals surface area contributed by atoms with Crippen LogP contribution in [0.25, 0.3) is 10.9 Å². The van der Waals surface area contributed by atoms with E-state index in [9.17, 15) is 4.79 Å². The Kier molecular flexibility index (Phi) is 4.69. The second-order valence-corrected chi connectivity index (χ2v) is 8.62. The van der Waals surface area contributed by atoms with Gasteiger partial charge >= 0.3 is 0 Å². The van der Waals surface area contributed by atoms with Crippen LogP contribution in [-0.4, -0.2) is 22.3 Å². The van der Waals surface area contributed by atoms with Crippen molar-refractivity contribution >= 4 is 44.3 Å². The number of carbonyl (C=O) groups excluding carboxylic acids is 1. The summed E-state index contributed by atoms with van der Waals surface area (Å²) in [6, 6.07) is 23.5. The van der Waals surface area contributed by atoms with Crippen LogP contribution in [0.3, 0.4) is 0 Å². The van der Waals surface area contributed by atoms with Crippen LogP contribution >= 0.6 is 27.5 Å². The van der Waals surface area contributed by atoms with Gasteiger partial charge in [0.25, 0.3) is 5.91 Å². The summed E-state index contributed by atoms with van der Waals surface area (Å²) in [6.07, 6.45) is 0.825.